The molecule has 0 saturated heterocycles. The number of benzene rings is 1. The van der Waals surface area contributed by atoms with Gasteiger partial charge in [0.15, 0.2) is 0 Å². The van der Waals surface area contributed by atoms with E-state index in [1.807, 2.05) is 25.1 Å². The van der Waals surface area contributed by atoms with Crippen LogP contribution >= 0.6 is 0 Å². The Bertz CT molecular complexity index is 365. The first-order valence-corrected chi connectivity index (χ1v) is 5.87. The van der Waals surface area contributed by atoms with Gasteiger partial charge in [0.1, 0.15) is 5.75 Å². The highest BCUT2D eigenvalue weighted by Crippen LogP contribution is 2.23. The molecule has 1 aliphatic rings. The van der Waals surface area contributed by atoms with Crippen molar-refractivity contribution in [1.29, 1.82) is 0 Å². The summed E-state index contributed by atoms with van der Waals surface area (Å²) in [6.07, 6.45) is 2.76. The second-order valence-electron chi connectivity index (χ2n) is 4.57. The summed E-state index contributed by atoms with van der Waals surface area (Å²) in [4.78, 5) is 0. The van der Waals surface area contributed by atoms with E-state index < -0.39 is 0 Å². The molecule has 0 spiro atoms. The van der Waals surface area contributed by atoms with Crippen LogP contribution in [0.4, 0.5) is 0 Å². The topological polar surface area (TPSA) is 52.5 Å². The number of phenolic OH excluding ortho intramolecular Hbond substituents is 1. The maximum absolute atomic E-state index is 9.83. The van der Waals surface area contributed by atoms with Crippen molar-refractivity contribution < 1.29 is 10.2 Å². The van der Waals surface area contributed by atoms with Crippen LogP contribution in [0.1, 0.15) is 30.4 Å². The Balaban J connectivity index is 1.96. The van der Waals surface area contributed by atoms with E-state index in [2.05, 4.69) is 5.32 Å². The van der Waals surface area contributed by atoms with E-state index >= 15 is 0 Å². The molecule has 0 aliphatic heterocycles. The summed E-state index contributed by atoms with van der Waals surface area (Å²) in [7, 11) is 0. The molecule has 2 unspecified atom stereocenters. The van der Waals surface area contributed by atoms with Gasteiger partial charge in [-0.25, -0.2) is 0 Å². The lowest BCUT2D eigenvalue weighted by molar-refractivity contribution is 0.148. The molecule has 0 amide bonds. The zero-order valence-corrected chi connectivity index (χ0v) is 9.61. The summed E-state index contributed by atoms with van der Waals surface area (Å²) in [5.74, 6) is 0.363. The number of hydrogen-bond donors (Lipinski definition) is 3. The molecule has 0 bridgehead atoms. The minimum Gasteiger partial charge on any atom is -0.507 e. The van der Waals surface area contributed by atoms with E-state index in [0.717, 1.165) is 30.4 Å². The Labute approximate surface area is 96.1 Å². The molecular formula is C13H19NO2. The van der Waals surface area contributed by atoms with Crippen molar-refractivity contribution in [2.24, 2.45) is 0 Å². The lowest BCUT2D eigenvalue weighted by atomic mass is 10.1. The predicted molar refractivity (Wildman–Crippen MR) is 63.3 cm³/mol. The molecule has 1 fully saturated rings. The summed E-state index contributed by atoms with van der Waals surface area (Å²) in [5.41, 5.74) is 1.80. The van der Waals surface area contributed by atoms with Gasteiger partial charge < -0.3 is 15.5 Å². The SMILES string of the molecule is Cc1cccc(CNC2CCCC2O)c1O. The largest absolute Gasteiger partial charge is 0.507 e. The average molecular weight is 221 g/mol. The standard InChI is InChI=1S/C13H19NO2/c1-9-4-2-5-10(13(9)16)8-14-11-6-3-7-12(11)15/h2,4-5,11-12,14-16H,3,6-8H2,1H3. The number of aliphatic hydroxyl groups excluding tert-OH is 1. The van der Waals surface area contributed by atoms with Crippen LogP contribution in [-0.2, 0) is 6.54 Å². The van der Waals surface area contributed by atoms with Crippen molar-refractivity contribution >= 4 is 0 Å². The third-order valence-corrected chi connectivity index (χ3v) is 3.36. The second-order valence-corrected chi connectivity index (χ2v) is 4.57. The molecule has 0 radical (unpaired) electrons. The fourth-order valence-corrected chi connectivity index (χ4v) is 2.28. The second kappa shape index (κ2) is 4.85. The Hall–Kier alpha value is -1.06. The van der Waals surface area contributed by atoms with Crippen molar-refractivity contribution in [3.05, 3.63) is 29.3 Å². The van der Waals surface area contributed by atoms with Crippen LogP contribution < -0.4 is 5.32 Å². The molecule has 1 aliphatic carbocycles. The molecule has 1 aromatic rings. The molecule has 88 valence electrons. The van der Waals surface area contributed by atoms with Gasteiger partial charge in [-0.05, 0) is 31.7 Å². The molecule has 2 rings (SSSR count). The maximum atomic E-state index is 9.83. The van der Waals surface area contributed by atoms with E-state index in [-0.39, 0.29) is 12.1 Å². The third kappa shape index (κ3) is 2.36. The maximum Gasteiger partial charge on any atom is 0.122 e. The van der Waals surface area contributed by atoms with E-state index in [4.69, 9.17) is 0 Å². The molecule has 3 heteroatoms. The molecular weight excluding hydrogens is 202 g/mol. The number of rotatable bonds is 3. The Morgan fingerprint density at radius 3 is 2.88 bits per heavy atom. The molecule has 2 atom stereocenters. The zero-order valence-electron chi connectivity index (χ0n) is 9.61. The minimum absolute atomic E-state index is 0.180. The fourth-order valence-electron chi connectivity index (χ4n) is 2.28. The number of aliphatic hydroxyl groups is 1. The van der Waals surface area contributed by atoms with Crippen molar-refractivity contribution in [3.63, 3.8) is 0 Å². The van der Waals surface area contributed by atoms with Gasteiger partial charge >= 0.3 is 0 Å². The highest BCUT2D eigenvalue weighted by molar-refractivity contribution is 5.39. The molecule has 0 aromatic heterocycles. The Morgan fingerprint density at radius 1 is 1.38 bits per heavy atom. The highest BCUT2D eigenvalue weighted by atomic mass is 16.3. The smallest absolute Gasteiger partial charge is 0.122 e. The molecule has 16 heavy (non-hydrogen) atoms. The first kappa shape index (κ1) is 11.4. The summed E-state index contributed by atoms with van der Waals surface area (Å²) in [6, 6.07) is 5.93. The lowest BCUT2D eigenvalue weighted by Gasteiger charge is -2.17. The fraction of sp³-hybridized carbons (Fsp3) is 0.538. The summed E-state index contributed by atoms with van der Waals surface area (Å²) < 4.78 is 0. The lowest BCUT2D eigenvalue weighted by Crippen LogP contribution is -2.35. The van der Waals surface area contributed by atoms with Crippen LogP contribution in [0.2, 0.25) is 0 Å². The predicted octanol–water partition coefficient (Wildman–Crippen LogP) is 1.70. The van der Waals surface area contributed by atoms with Crippen LogP contribution in [0.15, 0.2) is 18.2 Å². The summed E-state index contributed by atoms with van der Waals surface area (Å²) >= 11 is 0. The zero-order chi connectivity index (χ0) is 11.5. The number of aryl methyl sites for hydroxylation is 1. The van der Waals surface area contributed by atoms with Crippen molar-refractivity contribution in [3.8, 4) is 5.75 Å². The minimum atomic E-state index is -0.230. The highest BCUT2D eigenvalue weighted by Gasteiger charge is 2.24. The van der Waals surface area contributed by atoms with Crippen molar-refractivity contribution in [2.45, 2.75) is 44.9 Å². The third-order valence-electron chi connectivity index (χ3n) is 3.36. The van der Waals surface area contributed by atoms with Gasteiger partial charge in [-0.1, -0.05) is 18.2 Å². The monoisotopic (exact) mass is 221 g/mol. The Kier molecular flexibility index (Phi) is 3.46. The van der Waals surface area contributed by atoms with Crippen molar-refractivity contribution in [2.75, 3.05) is 0 Å². The number of para-hydroxylation sites is 1. The van der Waals surface area contributed by atoms with Gasteiger partial charge in [-0.15, -0.1) is 0 Å². The summed E-state index contributed by atoms with van der Waals surface area (Å²) in [5, 5.41) is 22.8. The van der Waals surface area contributed by atoms with Gasteiger partial charge in [0.2, 0.25) is 0 Å². The van der Waals surface area contributed by atoms with E-state index in [1.54, 1.807) is 0 Å². The molecule has 3 nitrogen and oxygen atoms in total. The quantitative estimate of drug-likeness (QED) is 0.728. The molecule has 0 heterocycles. The number of hydrogen-bond acceptors (Lipinski definition) is 3. The van der Waals surface area contributed by atoms with Crippen LogP contribution in [0, 0.1) is 6.92 Å². The first-order chi connectivity index (χ1) is 7.68. The first-order valence-electron chi connectivity index (χ1n) is 5.87. The number of nitrogens with one attached hydrogen (secondary N) is 1. The number of phenols is 1. The van der Waals surface area contributed by atoms with E-state index in [0.29, 0.717) is 12.3 Å². The van der Waals surface area contributed by atoms with Gasteiger partial charge in [0.05, 0.1) is 6.10 Å². The normalized spacial score (nSPS) is 24.9. The average Bonchev–Trinajstić information content (AvgIpc) is 2.67. The Morgan fingerprint density at radius 2 is 2.19 bits per heavy atom. The number of aromatic hydroxyl groups is 1. The van der Waals surface area contributed by atoms with E-state index in [9.17, 15) is 10.2 Å². The van der Waals surface area contributed by atoms with E-state index in [1.165, 1.54) is 0 Å². The van der Waals surface area contributed by atoms with Crippen LogP contribution in [0.3, 0.4) is 0 Å². The summed E-state index contributed by atoms with van der Waals surface area (Å²) in [6.45, 7) is 2.51. The van der Waals surface area contributed by atoms with Crippen LogP contribution in [0.5, 0.6) is 5.75 Å². The van der Waals surface area contributed by atoms with Gasteiger partial charge in [0, 0.05) is 18.2 Å². The molecule has 1 saturated carbocycles. The van der Waals surface area contributed by atoms with Gasteiger partial charge in [0.25, 0.3) is 0 Å². The van der Waals surface area contributed by atoms with Crippen molar-refractivity contribution in [1.82, 2.24) is 5.32 Å². The van der Waals surface area contributed by atoms with Gasteiger partial charge in [-0.2, -0.15) is 0 Å². The van der Waals surface area contributed by atoms with Crippen LogP contribution in [-0.4, -0.2) is 22.4 Å². The molecule has 1 aromatic carbocycles. The van der Waals surface area contributed by atoms with Gasteiger partial charge in [-0.3, -0.25) is 0 Å². The van der Waals surface area contributed by atoms with Crippen LogP contribution in [0.25, 0.3) is 0 Å². The molecule has 3 N–H and O–H groups in total.